The van der Waals surface area contributed by atoms with Crippen LogP contribution >= 0.6 is 0 Å². The van der Waals surface area contributed by atoms with Crippen molar-refractivity contribution in [3.63, 3.8) is 0 Å². The first kappa shape index (κ1) is 39.3. The third-order valence-corrected chi connectivity index (χ3v) is 11.4. The van der Waals surface area contributed by atoms with Crippen LogP contribution in [0, 0.1) is 17.9 Å². The molecule has 0 aliphatic heterocycles. The fourth-order valence-corrected chi connectivity index (χ4v) is 7.96. The summed E-state index contributed by atoms with van der Waals surface area (Å²) in [4.78, 5) is 0. The fourth-order valence-electron chi connectivity index (χ4n) is 7.55. The van der Waals surface area contributed by atoms with E-state index in [-0.39, 0.29) is 35.6 Å². The Balaban J connectivity index is 0.000000228. The molecule has 0 spiro atoms. The van der Waals surface area contributed by atoms with Crippen LogP contribution in [-0.4, -0.2) is 3.21 Å². The normalized spacial score (nSPS) is 18.0. The molecule has 3 aliphatic rings. The zero-order valence-electron chi connectivity index (χ0n) is 30.1. The first-order chi connectivity index (χ1) is 21.1. The first-order valence-corrected chi connectivity index (χ1v) is 17.9. The van der Waals surface area contributed by atoms with Crippen LogP contribution < -0.4 is 24.8 Å². The van der Waals surface area contributed by atoms with E-state index in [0.29, 0.717) is 11.8 Å². The van der Waals surface area contributed by atoms with Gasteiger partial charge < -0.3 is 24.8 Å². The van der Waals surface area contributed by atoms with E-state index in [1.54, 1.807) is 3.21 Å². The zero-order valence-corrected chi connectivity index (χ0v) is 34.1. The van der Waals surface area contributed by atoms with Crippen molar-refractivity contribution in [1.82, 2.24) is 0 Å². The zero-order chi connectivity index (χ0) is 32.8. The van der Waals surface area contributed by atoms with Gasteiger partial charge in [0.05, 0.1) is 0 Å². The van der Waals surface area contributed by atoms with Crippen LogP contribution in [0.5, 0.6) is 0 Å². The quantitative estimate of drug-likeness (QED) is 0.219. The molecule has 0 radical (unpaired) electrons. The minimum Gasteiger partial charge on any atom is -1.00 e. The van der Waals surface area contributed by atoms with Crippen molar-refractivity contribution in [1.29, 1.82) is 0 Å². The van der Waals surface area contributed by atoms with Crippen LogP contribution in [0.15, 0.2) is 90.0 Å². The Morgan fingerprint density at radius 2 is 1.28 bits per heavy atom. The van der Waals surface area contributed by atoms with Gasteiger partial charge in [-0.3, -0.25) is 6.08 Å². The molecule has 0 N–H and O–H groups in total. The first-order valence-electron chi connectivity index (χ1n) is 16.7. The molecule has 0 nitrogen and oxygen atoms in total. The molecule has 0 fully saturated rings. The van der Waals surface area contributed by atoms with E-state index >= 15 is 0 Å². The van der Waals surface area contributed by atoms with Gasteiger partial charge in [-0.15, -0.1) is 39.7 Å². The van der Waals surface area contributed by atoms with Crippen molar-refractivity contribution in [2.24, 2.45) is 11.8 Å². The molecule has 246 valence electrons. The van der Waals surface area contributed by atoms with Crippen molar-refractivity contribution < 1.29 is 49.0 Å². The maximum atomic E-state index is 3.37. The Morgan fingerprint density at radius 3 is 1.64 bits per heavy atom. The molecule has 0 aromatic heterocycles. The van der Waals surface area contributed by atoms with Crippen molar-refractivity contribution in [2.45, 2.75) is 93.4 Å². The third-order valence-electron chi connectivity index (χ3n) is 9.78. The van der Waals surface area contributed by atoms with E-state index in [9.17, 15) is 0 Å². The molecule has 0 saturated heterocycles. The van der Waals surface area contributed by atoms with E-state index in [0.717, 1.165) is 0 Å². The molecule has 4 aromatic rings. The van der Waals surface area contributed by atoms with Crippen LogP contribution in [0.4, 0.5) is 0 Å². The van der Waals surface area contributed by atoms with Gasteiger partial charge in [-0.2, -0.15) is 11.6 Å². The van der Waals surface area contributed by atoms with Gasteiger partial charge in [0.2, 0.25) is 0 Å². The van der Waals surface area contributed by atoms with Crippen LogP contribution in [0.25, 0.3) is 32.7 Å². The maximum Gasteiger partial charge on any atom is -1.00 e. The predicted octanol–water partition coefficient (Wildman–Crippen LogP) is 6.24. The Bertz CT molecular complexity index is 1810. The molecule has 1 unspecified atom stereocenters. The number of rotatable bonds is 3. The van der Waals surface area contributed by atoms with Crippen LogP contribution in [0.1, 0.15) is 110 Å². The van der Waals surface area contributed by atoms with Crippen molar-refractivity contribution in [3.8, 4) is 0 Å². The van der Waals surface area contributed by atoms with Crippen molar-refractivity contribution in [3.05, 3.63) is 124 Å². The van der Waals surface area contributed by atoms with E-state index in [1.165, 1.54) is 102 Å². The molecule has 0 saturated carbocycles. The van der Waals surface area contributed by atoms with Gasteiger partial charge in [0.1, 0.15) is 0 Å². The average Bonchev–Trinajstić information content (AvgIpc) is 3.66. The fraction of sp³-hybridized carbons (Fsp3) is 0.364. The molecule has 7 rings (SSSR count). The minimum absolute atomic E-state index is 0. The summed E-state index contributed by atoms with van der Waals surface area (Å²) in [6.07, 6.45) is 11.7. The summed E-state index contributed by atoms with van der Waals surface area (Å²) in [5, 5.41) is 5.57. The topological polar surface area (TPSA) is 0 Å². The molecular weight excluding hydrogens is 691 g/mol. The van der Waals surface area contributed by atoms with Crippen LogP contribution in [0.3, 0.4) is 0 Å². The Morgan fingerprint density at radius 1 is 0.809 bits per heavy atom. The standard InChI is InChI=1S/C25H25.C10H15.C9H10.2ClH.Zr/c1-14-12-24(3,4)22-8-16-7-17-9-23-19(15(2)13-25(23,5)6)11-21(17)20(16)10-18(14)22;1-7(2)10-6-8(3)5-9(10)4;1-2-6-9-7-4-3-5-8-9;;;/h7-13H,1-6H3;6-8H,1-4H3;3-5,7-8H,2H2,1H3;2*1H;/q2*-1;;;;+2/p-2. The Kier molecular flexibility index (Phi) is 12.7. The molecule has 0 amide bonds. The summed E-state index contributed by atoms with van der Waals surface area (Å²) in [5.74, 6) is 1.20. The second kappa shape index (κ2) is 15.2. The maximum absolute atomic E-state index is 3.37. The summed E-state index contributed by atoms with van der Waals surface area (Å²) in [6, 6.07) is 22.7. The second-order valence-corrected chi connectivity index (χ2v) is 16.2. The van der Waals surface area contributed by atoms with Gasteiger partial charge in [0, 0.05) is 10.8 Å². The number of benzene rings is 3. The molecule has 0 bridgehead atoms. The van der Waals surface area contributed by atoms with Gasteiger partial charge in [-0.25, -0.2) is 5.57 Å². The average molecular weight is 741 g/mol. The van der Waals surface area contributed by atoms with Gasteiger partial charge in [0.15, 0.2) is 0 Å². The van der Waals surface area contributed by atoms with Gasteiger partial charge in [-0.05, 0) is 36.1 Å². The summed E-state index contributed by atoms with van der Waals surface area (Å²) < 4.78 is 1.55. The SMILES string of the molecule is CC1=CC(C)(C)c2cc3[cH-]c4cc5c(cc4c3cc21)C(C)=CC5(C)C.CC1=[C-]C(C)C=C1C(C)C.CC[C](=[Zr+2])c1ccccc1.[Cl-].[Cl-]. The molecule has 47 heavy (non-hydrogen) atoms. The molecular formula is C44H50Cl2Zr-2. The molecule has 1 atom stereocenters. The smallest absolute Gasteiger partial charge is 1.00 e. The van der Waals surface area contributed by atoms with Crippen molar-refractivity contribution in [2.75, 3.05) is 0 Å². The summed E-state index contributed by atoms with van der Waals surface area (Å²) >= 11 is 1.54. The molecule has 0 heterocycles. The molecule has 3 aliphatic carbocycles. The number of hydrogen-bond acceptors (Lipinski definition) is 0. The minimum atomic E-state index is 0. The summed E-state index contributed by atoms with van der Waals surface area (Å²) in [6.45, 7) is 24.8. The molecule has 3 heteroatoms. The van der Waals surface area contributed by atoms with E-state index in [4.69, 9.17) is 0 Å². The molecule has 4 aromatic carbocycles. The number of hydrogen-bond donors (Lipinski definition) is 0. The van der Waals surface area contributed by atoms with Crippen molar-refractivity contribution >= 4 is 35.9 Å². The van der Waals surface area contributed by atoms with E-state index in [2.05, 4.69) is 161 Å². The van der Waals surface area contributed by atoms with Crippen LogP contribution in [0.2, 0.25) is 0 Å². The Labute approximate surface area is 312 Å². The largest absolute Gasteiger partial charge is 1.00 e. The number of allylic oxidation sites excluding steroid dienone is 8. The Hall–Kier alpha value is -2.18. The van der Waals surface area contributed by atoms with E-state index < -0.39 is 0 Å². The van der Waals surface area contributed by atoms with Gasteiger partial charge >= 0.3 is 76.7 Å². The second-order valence-electron chi connectivity index (χ2n) is 14.7. The summed E-state index contributed by atoms with van der Waals surface area (Å²) in [7, 11) is 0. The monoisotopic (exact) mass is 738 g/mol. The number of fused-ring (bicyclic) bond motifs is 5. The predicted molar refractivity (Wildman–Crippen MR) is 196 cm³/mol. The summed E-state index contributed by atoms with van der Waals surface area (Å²) in [5.41, 5.74) is 13.1. The van der Waals surface area contributed by atoms with Gasteiger partial charge in [-0.1, -0.05) is 103 Å². The van der Waals surface area contributed by atoms with E-state index in [1.807, 2.05) is 0 Å². The van der Waals surface area contributed by atoms with Crippen LogP contribution in [-0.2, 0) is 35.1 Å². The van der Waals surface area contributed by atoms with Gasteiger partial charge in [0.25, 0.3) is 0 Å². The third kappa shape index (κ3) is 8.01. The number of halogens is 2.